The van der Waals surface area contributed by atoms with Crippen LogP contribution in [0.15, 0.2) is 0 Å². The third kappa shape index (κ3) is 6.24. The van der Waals surface area contributed by atoms with E-state index in [4.69, 9.17) is 4.74 Å². The summed E-state index contributed by atoms with van der Waals surface area (Å²) in [5, 5.41) is 7.25. The summed E-state index contributed by atoms with van der Waals surface area (Å²) in [4.78, 5) is 0. The van der Waals surface area contributed by atoms with Crippen molar-refractivity contribution in [2.45, 2.75) is 59.4 Å². The lowest BCUT2D eigenvalue weighted by atomic mass is 9.77. The van der Waals surface area contributed by atoms with Gasteiger partial charge in [-0.15, -0.1) is 0 Å². The fourth-order valence-electron chi connectivity index (χ4n) is 3.45. The molecule has 0 aliphatic carbocycles. The SMILES string of the molecule is COCC1(CNC(C)(C)CC(C)(C)C)CCNCC1. The van der Waals surface area contributed by atoms with Crippen molar-refractivity contribution in [1.82, 2.24) is 10.6 Å². The van der Waals surface area contributed by atoms with Crippen molar-refractivity contribution >= 4 is 0 Å². The minimum atomic E-state index is 0.184. The molecule has 0 spiro atoms. The van der Waals surface area contributed by atoms with E-state index in [-0.39, 0.29) is 5.54 Å². The fraction of sp³-hybridized carbons (Fsp3) is 1.00. The Balaban J connectivity index is 2.55. The molecule has 0 radical (unpaired) electrons. The van der Waals surface area contributed by atoms with E-state index >= 15 is 0 Å². The molecule has 0 unspecified atom stereocenters. The molecule has 2 N–H and O–H groups in total. The summed E-state index contributed by atoms with van der Waals surface area (Å²) in [7, 11) is 1.82. The molecule has 0 amide bonds. The Morgan fingerprint density at radius 2 is 1.68 bits per heavy atom. The highest BCUT2D eigenvalue weighted by molar-refractivity contribution is 4.91. The maximum Gasteiger partial charge on any atom is 0.0531 e. The first kappa shape index (κ1) is 16.9. The number of rotatable bonds is 6. The average Bonchev–Trinajstić information content (AvgIpc) is 2.25. The van der Waals surface area contributed by atoms with Gasteiger partial charge in [-0.05, 0) is 51.6 Å². The van der Waals surface area contributed by atoms with Crippen LogP contribution in [-0.2, 0) is 4.74 Å². The van der Waals surface area contributed by atoms with Crippen molar-refractivity contribution in [3.63, 3.8) is 0 Å². The number of ether oxygens (including phenoxy) is 1. The number of hydrogen-bond donors (Lipinski definition) is 2. The molecule has 1 fully saturated rings. The van der Waals surface area contributed by atoms with E-state index in [1.165, 1.54) is 19.3 Å². The maximum atomic E-state index is 5.48. The molecular formula is C16H34N2O. The van der Waals surface area contributed by atoms with Crippen LogP contribution in [0.1, 0.15) is 53.9 Å². The third-order valence-corrected chi connectivity index (χ3v) is 4.03. The summed E-state index contributed by atoms with van der Waals surface area (Å²) < 4.78 is 5.48. The Labute approximate surface area is 119 Å². The van der Waals surface area contributed by atoms with Gasteiger partial charge in [-0.2, -0.15) is 0 Å². The van der Waals surface area contributed by atoms with E-state index in [0.29, 0.717) is 10.8 Å². The molecule has 114 valence electrons. The monoisotopic (exact) mass is 270 g/mol. The molecule has 19 heavy (non-hydrogen) atoms. The molecule has 1 saturated heterocycles. The third-order valence-electron chi connectivity index (χ3n) is 4.03. The summed E-state index contributed by atoms with van der Waals surface area (Å²) in [5.74, 6) is 0. The van der Waals surface area contributed by atoms with Crippen molar-refractivity contribution in [1.29, 1.82) is 0 Å². The van der Waals surface area contributed by atoms with Gasteiger partial charge in [-0.1, -0.05) is 20.8 Å². The van der Waals surface area contributed by atoms with E-state index in [1.807, 2.05) is 7.11 Å². The number of piperidine rings is 1. The molecule has 0 aromatic heterocycles. The predicted octanol–water partition coefficient (Wildman–Crippen LogP) is 2.81. The van der Waals surface area contributed by atoms with E-state index in [9.17, 15) is 0 Å². The first-order valence-electron chi connectivity index (χ1n) is 7.63. The highest BCUT2D eigenvalue weighted by atomic mass is 16.5. The summed E-state index contributed by atoms with van der Waals surface area (Å²) >= 11 is 0. The van der Waals surface area contributed by atoms with Crippen molar-refractivity contribution in [2.24, 2.45) is 10.8 Å². The molecule has 3 heteroatoms. The quantitative estimate of drug-likeness (QED) is 0.778. The lowest BCUT2D eigenvalue weighted by Crippen LogP contribution is -2.52. The fourth-order valence-corrected chi connectivity index (χ4v) is 3.45. The van der Waals surface area contributed by atoms with Crippen LogP contribution in [-0.4, -0.2) is 38.9 Å². The van der Waals surface area contributed by atoms with Crippen molar-refractivity contribution in [2.75, 3.05) is 33.4 Å². The lowest BCUT2D eigenvalue weighted by Gasteiger charge is -2.41. The summed E-state index contributed by atoms with van der Waals surface area (Å²) in [6.07, 6.45) is 3.60. The van der Waals surface area contributed by atoms with E-state index < -0.39 is 0 Å². The Hall–Kier alpha value is -0.120. The molecule has 1 aliphatic rings. The van der Waals surface area contributed by atoms with Crippen LogP contribution in [0.4, 0.5) is 0 Å². The molecule has 1 rings (SSSR count). The highest BCUT2D eigenvalue weighted by Gasteiger charge is 2.34. The molecule has 0 aromatic carbocycles. The maximum absolute atomic E-state index is 5.48. The van der Waals surface area contributed by atoms with Gasteiger partial charge in [-0.25, -0.2) is 0 Å². The zero-order valence-corrected chi connectivity index (χ0v) is 13.9. The van der Waals surface area contributed by atoms with Gasteiger partial charge >= 0.3 is 0 Å². The van der Waals surface area contributed by atoms with Crippen LogP contribution < -0.4 is 10.6 Å². The van der Waals surface area contributed by atoms with Gasteiger partial charge in [0.15, 0.2) is 0 Å². The van der Waals surface area contributed by atoms with E-state index in [2.05, 4.69) is 45.3 Å². The van der Waals surface area contributed by atoms with Crippen LogP contribution in [0.3, 0.4) is 0 Å². The minimum Gasteiger partial charge on any atom is -0.384 e. The van der Waals surface area contributed by atoms with Crippen molar-refractivity contribution < 1.29 is 4.74 Å². The van der Waals surface area contributed by atoms with Crippen LogP contribution in [0.2, 0.25) is 0 Å². The topological polar surface area (TPSA) is 33.3 Å². The van der Waals surface area contributed by atoms with Crippen LogP contribution in [0.25, 0.3) is 0 Å². The Morgan fingerprint density at radius 3 is 2.16 bits per heavy atom. The predicted molar refractivity (Wildman–Crippen MR) is 82.6 cm³/mol. The number of hydrogen-bond acceptors (Lipinski definition) is 3. The smallest absolute Gasteiger partial charge is 0.0531 e. The first-order valence-corrected chi connectivity index (χ1v) is 7.63. The minimum absolute atomic E-state index is 0.184. The van der Waals surface area contributed by atoms with E-state index in [1.54, 1.807) is 0 Å². The molecule has 0 atom stereocenters. The molecule has 0 saturated carbocycles. The Morgan fingerprint density at radius 1 is 1.11 bits per heavy atom. The van der Waals surface area contributed by atoms with Crippen molar-refractivity contribution in [3.05, 3.63) is 0 Å². The van der Waals surface area contributed by atoms with Gasteiger partial charge < -0.3 is 15.4 Å². The van der Waals surface area contributed by atoms with Gasteiger partial charge in [0.25, 0.3) is 0 Å². The Kier molecular flexibility index (Phi) is 5.84. The van der Waals surface area contributed by atoms with Gasteiger partial charge in [0.2, 0.25) is 0 Å². The van der Waals surface area contributed by atoms with Crippen LogP contribution >= 0.6 is 0 Å². The summed E-state index contributed by atoms with van der Waals surface area (Å²) in [6, 6.07) is 0. The van der Waals surface area contributed by atoms with Crippen LogP contribution in [0, 0.1) is 10.8 Å². The second-order valence-electron chi connectivity index (χ2n) is 8.16. The Bertz CT molecular complexity index is 257. The zero-order chi connectivity index (χ0) is 14.6. The van der Waals surface area contributed by atoms with Crippen molar-refractivity contribution in [3.8, 4) is 0 Å². The molecule has 0 bridgehead atoms. The van der Waals surface area contributed by atoms with Gasteiger partial charge in [-0.3, -0.25) is 0 Å². The largest absolute Gasteiger partial charge is 0.384 e. The second-order valence-corrected chi connectivity index (χ2v) is 8.16. The standard InChI is InChI=1S/C16H34N2O/c1-14(2,3)11-15(4,5)18-12-16(13-19-6)7-9-17-10-8-16/h17-18H,7-13H2,1-6H3. The normalized spacial score (nSPS) is 20.5. The molecule has 1 aliphatic heterocycles. The second kappa shape index (κ2) is 6.55. The average molecular weight is 270 g/mol. The number of methoxy groups -OCH3 is 1. The van der Waals surface area contributed by atoms with Crippen LogP contribution in [0.5, 0.6) is 0 Å². The molecular weight excluding hydrogens is 236 g/mol. The molecule has 1 heterocycles. The zero-order valence-electron chi connectivity index (χ0n) is 13.9. The lowest BCUT2D eigenvalue weighted by molar-refractivity contribution is 0.0456. The van der Waals surface area contributed by atoms with Gasteiger partial charge in [0, 0.05) is 24.6 Å². The van der Waals surface area contributed by atoms with Gasteiger partial charge in [0.1, 0.15) is 0 Å². The highest BCUT2D eigenvalue weighted by Crippen LogP contribution is 2.31. The number of nitrogens with one attached hydrogen (secondary N) is 2. The molecule has 0 aromatic rings. The first-order chi connectivity index (χ1) is 8.68. The van der Waals surface area contributed by atoms with E-state index in [0.717, 1.165) is 26.2 Å². The molecule has 3 nitrogen and oxygen atoms in total. The summed E-state index contributed by atoms with van der Waals surface area (Å²) in [6.45, 7) is 15.7. The summed E-state index contributed by atoms with van der Waals surface area (Å²) in [5.41, 5.74) is 0.859. The van der Waals surface area contributed by atoms with Gasteiger partial charge in [0.05, 0.1) is 6.61 Å².